The van der Waals surface area contributed by atoms with Gasteiger partial charge in [0, 0.05) is 11.8 Å². The molecule has 5 heteroatoms. The molecule has 1 aliphatic heterocycles. The van der Waals surface area contributed by atoms with Crippen molar-refractivity contribution in [2.45, 2.75) is 26.8 Å². The van der Waals surface area contributed by atoms with Crippen molar-refractivity contribution >= 4 is 23.0 Å². The maximum atomic E-state index is 5.62. The van der Waals surface area contributed by atoms with Crippen LogP contribution in [0.25, 0.3) is 0 Å². The molecule has 0 aliphatic carbocycles. The van der Waals surface area contributed by atoms with E-state index in [-0.39, 0.29) is 6.04 Å². The van der Waals surface area contributed by atoms with Gasteiger partial charge in [0.25, 0.3) is 0 Å². The summed E-state index contributed by atoms with van der Waals surface area (Å²) in [5, 5.41) is 7.30. The molecule has 1 heterocycles. The van der Waals surface area contributed by atoms with Gasteiger partial charge in [-0.1, -0.05) is 38.1 Å². The number of ether oxygens (including phenoxy) is 2. The maximum Gasteiger partial charge on any atom is 0.171 e. The molecule has 1 atom stereocenters. The third kappa shape index (κ3) is 4.23. The SMILES string of the molecule is Cc1ccccc1[C@@H](NC(=S)Nc1ccc2c(c1)OCCO2)C(C)C. The van der Waals surface area contributed by atoms with Gasteiger partial charge in [0.15, 0.2) is 16.6 Å². The van der Waals surface area contributed by atoms with E-state index in [1.165, 1.54) is 11.1 Å². The zero-order chi connectivity index (χ0) is 17.8. The van der Waals surface area contributed by atoms with Gasteiger partial charge < -0.3 is 20.1 Å². The Morgan fingerprint density at radius 2 is 1.76 bits per heavy atom. The minimum absolute atomic E-state index is 0.151. The number of hydrogen-bond donors (Lipinski definition) is 2. The van der Waals surface area contributed by atoms with Gasteiger partial charge in [-0.05, 0) is 48.3 Å². The Kier molecular flexibility index (Phi) is 5.43. The normalized spacial score (nSPS) is 14.1. The predicted octanol–water partition coefficient (Wildman–Crippen LogP) is 4.45. The van der Waals surface area contributed by atoms with Crippen molar-refractivity contribution < 1.29 is 9.47 Å². The van der Waals surface area contributed by atoms with Crippen molar-refractivity contribution in [2.75, 3.05) is 18.5 Å². The molecule has 4 nitrogen and oxygen atoms in total. The first kappa shape index (κ1) is 17.5. The molecule has 0 spiro atoms. The van der Waals surface area contributed by atoms with Crippen molar-refractivity contribution in [3.8, 4) is 11.5 Å². The van der Waals surface area contributed by atoms with E-state index in [0.717, 1.165) is 17.2 Å². The average Bonchev–Trinajstić information content (AvgIpc) is 2.60. The summed E-state index contributed by atoms with van der Waals surface area (Å²) in [6, 6.07) is 14.3. The summed E-state index contributed by atoms with van der Waals surface area (Å²) < 4.78 is 11.2. The van der Waals surface area contributed by atoms with Crippen molar-refractivity contribution in [1.82, 2.24) is 5.32 Å². The maximum absolute atomic E-state index is 5.62. The second-order valence-electron chi connectivity index (χ2n) is 6.54. The van der Waals surface area contributed by atoms with E-state index in [9.17, 15) is 0 Å². The number of nitrogens with one attached hydrogen (secondary N) is 2. The summed E-state index contributed by atoms with van der Waals surface area (Å²) in [5.41, 5.74) is 3.41. The number of aryl methyl sites for hydroxylation is 1. The van der Waals surface area contributed by atoms with Crippen LogP contribution in [-0.4, -0.2) is 18.3 Å². The smallest absolute Gasteiger partial charge is 0.171 e. The van der Waals surface area contributed by atoms with Crippen molar-refractivity contribution in [3.05, 3.63) is 53.6 Å². The van der Waals surface area contributed by atoms with Gasteiger partial charge in [0.1, 0.15) is 13.2 Å². The number of hydrogen-bond acceptors (Lipinski definition) is 3. The van der Waals surface area contributed by atoms with E-state index < -0.39 is 0 Å². The molecule has 0 radical (unpaired) electrons. The van der Waals surface area contributed by atoms with Crippen LogP contribution in [0.4, 0.5) is 5.69 Å². The molecule has 0 fully saturated rings. The lowest BCUT2D eigenvalue weighted by molar-refractivity contribution is 0.171. The van der Waals surface area contributed by atoms with Crippen LogP contribution >= 0.6 is 12.2 Å². The first-order valence-corrected chi connectivity index (χ1v) is 8.98. The molecule has 0 bridgehead atoms. The highest BCUT2D eigenvalue weighted by atomic mass is 32.1. The van der Waals surface area contributed by atoms with Gasteiger partial charge in [-0.2, -0.15) is 0 Å². The zero-order valence-electron chi connectivity index (χ0n) is 14.8. The molecule has 25 heavy (non-hydrogen) atoms. The minimum atomic E-state index is 0.151. The fraction of sp³-hybridized carbons (Fsp3) is 0.350. The largest absolute Gasteiger partial charge is 0.486 e. The molecule has 2 aromatic carbocycles. The number of rotatable bonds is 4. The molecule has 3 rings (SSSR count). The number of fused-ring (bicyclic) bond motifs is 1. The van der Waals surface area contributed by atoms with E-state index in [2.05, 4.69) is 55.7 Å². The van der Waals surface area contributed by atoms with Crippen LogP contribution in [0, 0.1) is 12.8 Å². The average molecular weight is 356 g/mol. The zero-order valence-corrected chi connectivity index (χ0v) is 15.7. The van der Waals surface area contributed by atoms with Crippen LogP contribution in [0.3, 0.4) is 0 Å². The second-order valence-corrected chi connectivity index (χ2v) is 6.94. The lowest BCUT2D eigenvalue weighted by Crippen LogP contribution is -2.35. The fourth-order valence-electron chi connectivity index (χ4n) is 2.97. The first-order chi connectivity index (χ1) is 12.0. The number of benzene rings is 2. The highest BCUT2D eigenvalue weighted by Crippen LogP contribution is 2.32. The van der Waals surface area contributed by atoms with Gasteiger partial charge >= 0.3 is 0 Å². The van der Waals surface area contributed by atoms with Crippen LogP contribution in [0.15, 0.2) is 42.5 Å². The lowest BCUT2D eigenvalue weighted by Gasteiger charge is -2.26. The van der Waals surface area contributed by atoms with Crippen molar-refractivity contribution in [2.24, 2.45) is 5.92 Å². The third-order valence-corrected chi connectivity index (χ3v) is 4.50. The van der Waals surface area contributed by atoms with E-state index in [0.29, 0.717) is 24.2 Å². The molecule has 132 valence electrons. The van der Waals surface area contributed by atoms with Crippen LogP contribution in [0.2, 0.25) is 0 Å². The molecule has 0 saturated heterocycles. The Labute approximate surface area is 154 Å². The molecule has 0 saturated carbocycles. The Bertz CT molecular complexity index is 761. The van der Waals surface area contributed by atoms with Crippen molar-refractivity contribution in [1.29, 1.82) is 0 Å². The van der Waals surface area contributed by atoms with Gasteiger partial charge in [0.2, 0.25) is 0 Å². The molecule has 0 aromatic heterocycles. The topological polar surface area (TPSA) is 42.5 Å². The summed E-state index contributed by atoms with van der Waals surface area (Å²) in [6.07, 6.45) is 0. The Morgan fingerprint density at radius 3 is 2.48 bits per heavy atom. The van der Waals surface area contributed by atoms with Crippen LogP contribution < -0.4 is 20.1 Å². The fourth-order valence-corrected chi connectivity index (χ4v) is 3.21. The molecular formula is C20H24N2O2S. The summed E-state index contributed by atoms with van der Waals surface area (Å²) >= 11 is 5.54. The van der Waals surface area contributed by atoms with Crippen molar-refractivity contribution in [3.63, 3.8) is 0 Å². The number of thiocarbonyl (C=S) groups is 1. The quantitative estimate of drug-likeness (QED) is 0.792. The summed E-state index contributed by atoms with van der Waals surface area (Å²) in [4.78, 5) is 0. The van der Waals surface area contributed by atoms with E-state index >= 15 is 0 Å². The van der Waals surface area contributed by atoms with Crippen LogP contribution in [0.1, 0.15) is 31.0 Å². The van der Waals surface area contributed by atoms with Gasteiger partial charge in [-0.15, -0.1) is 0 Å². The molecule has 0 unspecified atom stereocenters. The lowest BCUT2D eigenvalue weighted by atomic mass is 9.93. The Morgan fingerprint density at radius 1 is 1.04 bits per heavy atom. The van der Waals surface area contributed by atoms with E-state index in [1.54, 1.807) is 0 Å². The predicted molar refractivity (Wildman–Crippen MR) is 106 cm³/mol. The molecule has 0 amide bonds. The minimum Gasteiger partial charge on any atom is -0.486 e. The van der Waals surface area contributed by atoms with Gasteiger partial charge in [0.05, 0.1) is 6.04 Å². The van der Waals surface area contributed by atoms with Gasteiger partial charge in [-0.3, -0.25) is 0 Å². The molecular weight excluding hydrogens is 332 g/mol. The van der Waals surface area contributed by atoms with Crippen LogP contribution in [-0.2, 0) is 0 Å². The number of anilines is 1. The van der Waals surface area contributed by atoms with Crippen LogP contribution in [0.5, 0.6) is 11.5 Å². The molecule has 2 aromatic rings. The Hall–Kier alpha value is -2.27. The standard InChI is InChI=1S/C20H24N2O2S/c1-13(2)19(16-7-5-4-6-14(16)3)22-20(25)21-15-8-9-17-18(12-15)24-11-10-23-17/h4-9,12-13,19H,10-11H2,1-3H3,(H2,21,22,25)/t19-/m0/s1. The first-order valence-electron chi connectivity index (χ1n) is 8.57. The summed E-state index contributed by atoms with van der Waals surface area (Å²) in [6.45, 7) is 7.67. The molecule has 2 N–H and O–H groups in total. The van der Waals surface area contributed by atoms with Gasteiger partial charge in [-0.25, -0.2) is 0 Å². The Balaban J connectivity index is 1.71. The molecule has 1 aliphatic rings. The monoisotopic (exact) mass is 356 g/mol. The van der Waals surface area contributed by atoms with E-state index in [1.807, 2.05) is 18.2 Å². The van der Waals surface area contributed by atoms with E-state index in [4.69, 9.17) is 21.7 Å². The summed E-state index contributed by atoms with van der Waals surface area (Å²) in [5.74, 6) is 1.93. The second kappa shape index (κ2) is 7.74. The summed E-state index contributed by atoms with van der Waals surface area (Å²) in [7, 11) is 0. The highest BCUT2D eigenvalue weighted by Gasteiger charge is 2.19. The highest BCUT2D eigenvalue weighted by molar-refractivity contribution is 7.80. The third-order valence-electron chi connectivity index (χ3n) is 4.28.